The van der Waals surface area contributed by atoms with Gasteiger partial charge >= 0.3 is 0 Å². The normalized spacial score (nSPS) is 11.7. The zero-order valence-electron chi connectivity index (χ0n) is 18.1. The second kappa shape index (κ2) is 14.2. The number of carbonyl (C=O) groups excluding carboxylic acids is 2. The number of carbonyl (C=O) groups is 2. The standard InChI is InChI=1S/C22H28FN5O3.HI/c1-3-25-22(27-12-15(2)31-19-7-5-4-6-18(19)23)28-13-16-8-10-17(11-9-16)21(30)26-14-20(24)29;/h4-11,15H,3,12-14H2,1-2H3,(H2,24,29)(H,26,30)(H2,25,27,28);1H. The van der Waals surface area contributed by atoms with Crippen LogP contribution >= 0.6 is 24.0 Å². The van der Waals surface area contributed by atoms with Crippen LogP contribution in [0.1, 0.15) is 29.8 Å². The van der Waals surface area contributed by atoms with E-state index in [2.05, 4.69) is 20.9 Å². The summed E-state index contributed by atoms with van der Waals surface area (Å²) in [5.41, 5.74) is 6.35. The van der Waals surface area contributed by atoms with Crippen molar-refractivity contribution in [2.75, 3.05) is 19.6 Å². The minimum atomic E-state index is -0.601. The van der Waals surface area contributed by atoms with Gasteiger partial charge in [0.25, 0.3) is 5.91 Å². The number of benzene rings is 2. The summed E-state index contributed by atoms with van der Waals surface area (Å²) in [5.74, 6) is -0.570. The Balaban J connectivity index is 0.00000512. The quantitative estimate of drug-likeness (QED) is 0.203. The van der Waals surface area contributed by atoms with E-state index in [-0.39, 0.29) is 48.3 Å². The number of nitrogens with one attached hydrogen (secondary N) is 3. The lowest BCUT2D eigenvalue weighted by molar-refractivity contribution is -0.117. The van der Waals surface area contributed by atoms with Crippen molar-refractivity contribution in [3.63, 3.8) is 0 Å². The Bertz CT molecular complexity index is 909. The van der Waals surface area contributed by atoms with Crippen LogP contribution in [0.25, 0.3) is 0 Å². The summed E-state index contributed by atoms with van der Waals surface area (Å²) in [6, 6.07) is 13.2. The molecule has 10 heteroatoms. The minimum Gasteiger partial charge on any atom is -0.486 e. The first-order chi connectivity index (χ1) is 14.9. The molecule has 0 aromatic heterocycles. The maximum absolute atomic E-state index is 13.7. The maximum atomic E-state index is 13.7. The average Bonchev–Trinajstić information content (AvgIpc) is 2.76. The highest BCUT2D eigenvalue weighted by Crippen LogP contribution is 2.16. The lowest BCUT2D eigenvalue weighted by Crippen LogP contribution is -2.41. The van der Waals surface area contributed by atoms with Crippen LogP contribution in [0.5, 0.6) is 5.75 Å². The molecule has 0 saturated heterocycles. The topological polar surface area (TPSA) is 118 Å². The van der Waals surface area contributed by atoms with Crippen molar-refractivity contribution in [3.8, 4) is 5.75 Å². The molecule has 174 valence electrons. The number of halogens is 2. The van der Waals surface area contributed by atoms with Gasteiger partial charge in [-0.2, -0.15) is 0 Å². The van der Waals surface area contributed by atoms with E-state index in [9.17, 15) is 14.0 Å². The Labute approximate surface area is 204 Å². The largest absolute Gasteiger partial charge is 0.486 e. The second-order valence-corrected chi connectivity index (χ2v) is 6.78. The summed E-state index contributed by atoms with van der Waals surface area (Å²) in [5, 5.41) is 8.75. The van der Waals surface area contributed by atoms with E-state index in [1.54, 1.807) is 42.5 Å². The van der Waals surface area contributed by atoms with Gasteiger partial charge in [-0.15, -0.1) is 24.0 Å². The van der Waals surface area contributed by atoms with Gasteiger partial charge in [0.2, 0.25) is 5.91 Å². The highest BCUT2D eigenvalue weighted by Gasteiger charge is 2.09. The van der Waals surface area contributed by atoms with Crippen LogP contribution in [-0.4, -0.2) is 43.5 Å². The molecule has 0 heterocycles. The summed E-state index contributed by atoms with van der Waals surface area (Å²) in [6.45, 7) is 5.08. The monoisotopic (exact) mass is 557 g/mol. The molecule has 0 saturated carbocycles. The van der Waals surface area contributed by atoms with Crippen molar-refractivity contribution < 1.29 is 18.7 Å². The van der Waals surface area contributed by atoms with Gasteiger partial charge in [0.05, 0.1) is 19.6 Å². The van der Waals surface area contributed by atoms with E-state index < -0.39 is 11.7 Å². The lowest BCUT2D eigenvalue weighted by atomic mass is 10.1. The molecule has 0 aliphatic heterocycles. The van der Waals surface area contributed by atoms with E-state index >= 15 is 0 Å². The maximum Gasteiger partial charge on any atom is 0.251 e. The van der Waals surface area contributed by atoms with Gasteiger partial charge in [-0.1, -0.05) is 24.3 Å². The molecule has 5 N–H and O–H groups in total. The SMILES string of the molecule is CCNC(=NCc1ccc(C(=O)NCC(N)=O)cc1)NCC(C)Oc1ccccc1F.I. The van der Waals surface area contributed by atoms with Crippen molar-refractivity contribution in [2.45, 2.75) is 26.5 Å². The first-order valence-electron chi connectivity index (χ1n) is 9.97. The summed E-state index contributed by atoms with van der Waals surface area (Å²) in [7, 11) is 0. The molecule has 2 amide bonds. The van der Waals surface area contributed by atoms with Gasteiger partial charge in [-0.25, -0.2) is 9.38 Å². The molecule has 0 radical (unpaired) electrons. The van der Waals surface area contributed by atoms with Crippen LogP contribution in [-0.2, 0) is 11.3 Å². The molecule has 0 aliphatic rings. The molecule has 2 aromatic carbocycles. The van der Waals surface area contributed by atoms with E-state index in [0.717, 1.165) is 5.56 Å². The average molecular weight is 557 g/mol. The number of nitrogens with two attached hydrogens (primary N) is 1. The van der Waals surface area contributed by atoms with E-state index in [1.807, 2.05) is 13.8 Å². The Morgan fingerprint density at radius 1 is 1.09 bits per heavy atom. The van der Waals surface area contributed by atoms with Gasteiger partial charge in [0.1, 0.15) is 6.10 Å². The lowest BCUT2D eigenvalue weighted by Gasteiger charge is -2.18. The zero-order valence-corrected chi connectivity index (χ0v) is 20.4. The Morgan fingerprint density at radius 3 is 2.41 bits per heavy atom. The van der Waals surface area contributed by atoms with Crippen LogP contribution in [0.3, 0.4) is 0 Å². The number of guanidine groups is 1. The van der Waals surface area contributed by atoms with Crippen molar-refractivity contribution in [1.82, 2.24) is 16.0 Å². The molecule has 0 fully saturated rings. The molecular weight excluding hydrogens is 528 g/mol. The third-order valence-electron chi connectivity index (χ3n) is 4.13. The van der Waals surface area contributed by atoms with E-state index in [1.165, 1.54) is 6.07 Å². The summed E-state index contributed by atoms with van der Waals surface area (Å²) >= 11 is 0. The van der Waals surface area contributed by atoms with Crippen molar-refractivity contribution in [3.05, 3.63) is 65.5 Å². The third kappa shape index (κ3) is 9.50. The number of primary amides is 1. The fraction of sp³-hybridized carbons (Fsp3) is 0.318. The zero-order chi connectivity index (χ0) is 22.6. The highest BCUT2D eigenvalue weighted by atomic mass is 127. The van der Waals surface area contributed by atoms with Gasteiger partial charge in [-0.05, 0) is 43.7 Å². The first-order valence-corrected chi connectivity index (χ1v) is 9.97. The molecule has 0 aliphatic carbocycles. The van der Waals surface area contributed by atoms with Gasteiger partial charge in [0.15, 0.2) is 17.5 Å². The highest BCUT2D eigenvalue weighted by molar-refractivity contribution is 14.0. The molecule has 0 bridgehead atoms. The predicted octanol–water partition coefficient (Wildman–Crippen LogP) is 2.18. The molecule has 1 atom stereocenters. The van der Waals surface area contributed by atoms with Crippen molar-refractivity contribution in [1.29, 1.82) is 0 Å². The number of nitrogens with zero attached hydrogens (tertiary/aromatic N) is 1. The van der Waals surface area contributed by atoms with Crippen LogP contribution in [0.4, 0.5) is 4.39 Å². The number of rotatable bonds is 10. The fourth-order valence-electron chi connectivity index (χ4n) is 2.58. The summed E-state index contributed by atoms with van der Waals surface area (Å²) in [4.78, 5) is 27.2. The number of aliphatic imine (C=N–C) groups is 1. The minimum absolute atomic E-state index is 0. The molecule has 1 unspecified atom stereocenters. The predicted molar refractivity (Wildman–Crippen MR) is 133 cm³/mol. The molecular formula is C22H29FIN5O3. The number of ether oxygens (including phenoxy) is 1. The number of amides is 2. The summed E-state index contributed by atoms with van der Waals surface area (Å²) in [6.07, 6.45) is -0.279. The molecule has 8 nitrogen and oxygen atoms in total. The van der Waals surface area contributed by atoms with Crippen molar-refractivity contribution >= 4 is 41.8 Å². The Hall–Kier alpha value is -2.89. The van der Waals surface area contributed by atoms with Crippen LogP contribution in [0.15, 0.2) is 53.5 Å². The Morgan fingerprint density at radius 2 is 1.78 bits per heavy atom. The molecule has 2 rings (SSSR count). The number of hydrogen-bond acceptors (Lipinski definition) is 4. The van der Waals surface area contributed by atoms with E-state index in [4.69, 9.17) is 10.5 Å². The Kier molecular flexibility index (Phi) is 12.1. The van der Waals surface area contributed by atoms with Crippen LogP contribution < -0.4 is 26.4 Å². The number of hydrogen-bond donors (Lipinski definition) is 4. The molecule has 32 heavy (non-hydrogen) atoms. The molecule has 2 aromatic rings. The van der Waals surface area contributed by atoms with Crippen LogP contribution in [0, 0.1) is 5.82 Å². The van der Waals surface area contributed by atoms with Gasteiger partial charge < -0.3 is 26.4 Å². The molecule has 0 spiro atoms. The van der Waals surface area contributed by atoms with Gasteiger partial charge in [-0.3, -0.25) is 9.59 Å². The number of para-hydroxylation sites is 1. The summed E-state index contributed by atoms with van der Waals surface area (Å²) < 4.78 is 19.3. The second-order valence-electron chi connectivity index (χ2n) is 6.78. The first kappa shape index (κ1) is 27.1. The van der Waals surface area contributed by atoms with E-state index in [0.29, 0.717) is 31.2 Å². The van der Waals surface area contributed by atoms with Gasteiger partial charge in [0, 0.05) is 12.1 Å². The fourth-order valence-corrected chi connectivity index (χ4v) is 2.58. The van der Waals surface area contributed by atoms with Crippen molar-refractivity contribution in [2.24, 2.45) is 10.7 Å². The third-order valence-corrected chi connectivity index (χ3v) is 4.13. The van der Waals surface area contributed by atoms with Crippen LogP contribution in [0.2, 0.25) is 0 Å². The smallest absolute Gasteiger partial charge is 0.251 e.